The predicted octanol–water partition coefficient (Wildman–Crippen LogP) is 0.425. The Hall–Kier alpha value is -1.58. The summed E-state index contributed by atoms with van der Waals surface area (Å²) < 4.78 is 4.93. The molecule has 0 atom stereocenters. The lowest BCUT2D eigenvalue weighted by atomic mass is 10.3. The van der Waals surface area contributed by atoms with Gasteiger partial charge in [-0.05, 0) is 6.07 Å². The summed E-state index contributed by atoms with van der Waals surface area (Å²) in [6.07, 6.45) is 0. The smallest absolute Gasteiger partial charge is 0.213 e. The van der Waals surface area contributed by atoms with Crippen LogP contribution < -0.4 is 10.5 Å². The molecule has 12 heavy (non-hydrogen) atoms. The number of aliphatic imine (C=N–C) groups is 1. The Balaban J connectivity index is 3.02. The first-order valence-corrected chi connectivity index (χ1v) is 3.51. The van der Waals surface area contributed by atoms with E-state index < -0.39 is 0 Å². The summed E-state index contributed by atoms with van der Waals surface area (Å²) in [4.78, 5) is 7.89. The van der Waals surface area contributed by atoms with E-state index in [0.717, 1.165) is 0 Å². The normalized spacial score (nSPS) is 11.3. The van der Waals surface area contributed by atoms with E-state index in [9.17, 15) is 0 Å². The molecule has 4 nitrogen and oxygen atoms in total. The second-order valence-corrected chi connectivity index (χ2v) is 2.17. The number of hydrogen-bond donors (Lipinski definition) is 1. The quantitative estimate of drug-likeness (QED) is 0.510. The van der Waals surface area contributed by atoms with Gasteiger partial charge in [-0.3, -0.25) is 4.99 Å². The van der Waals surface area contributed by atoms with E-state index in [0.29, 0.717) is 17.4 Å². The molecule has 1 aromatic rings. The molecule has 0 bridgehead atoms. The molecule has 0 aliphatic heterocycles. The van der Waals surface area contributed by atoms with Crippen molar-refractivity contribution in [2.45, 2.75) is 0 Å². The lowest BCUT2D eigenvalue weighted by molar-refractivity contribution is 0.397. The Labute approximate surface area is 71.1 Å². The van der Waals surface area contributed by atoms with Crippen LogP contribution in [0.2, 0.25) is 0 Å². The number of ether oxygens (including phenoxy) is 1. The summed E-state index contributed by atoms with van der Waals surface area (Å²) in [7, 11) is 3.18. The molecule has 0 saturated carbocycles. The van der Waals surface area contributed by atoms with Crippen LogP contribution in [0.25, 0.3) is 0 Å². The van der Waals surface area contributed by atoms with E-state index in [1.54, 1.807) is 26.3 Å². The molecule has 2 N–H and O–H groups in total. The minimum Gasteiger partial charge on any atom is -0.481 e. The molecule has 0 aromatic carbocycles. The zero-order chi connectivity index (χ0) is 8.97. The topological polar surface area (TPSA) is 60.5 Å². The van der Waals surface area contributed by atoms with Gasteiger partial charge >= 0.3 is 0 Å². The van der Waals surface area contributed by atoms with Gasteiger partial charge in [-0.2, -0.15) is 0 Å². The van der Waals surface area contributed by atoms with Gasteiger partial charge in [-0.15, -0.1) is 0 Å². The minimum absolute atomic E-state index is 0.411. The van der Waals surface area contributed by atoms with Crippen LogP contribution in [0.4, 0.5) is 0 Å². The van der Waals surface area contributed by atoms with Crippen molar-refractivity contribution in [1.29, 1.82) is 0 Å². The van der Waals surface area contributed by atoms with Crippen molar-refractivity contribution in [3.8, 4) is 5.88 Å². The number of methoxy groups -OCH3 is 1. The maximum Gasteiger partial charge on any atom is 0.213 e. The van der Waals surface area contributed by atoms with E-state index in [1.165, 1.54) is 0 Å². The zero-order valence-corrected chi connectivity index (χ0v) is 7.11. The van der Waals surface area contributed by atoms with Gasteiger partial charge in [0, 0.05) is 13.1 Å². The summed E-state index contributed by atoms with van der Waals surface area (Å²) in [5.41, 5.74) is 6.19. The summed E-state index contributed by atoms with van der Waals surface area (Å²) >= 11 is 0. The first-order valence-electron chi connectivity index (χ1n) is 3.51. The standard InChI is InChI=1S/C8H11N3O/c1-10-8(9)6-4-3-5-7(11-6)12-2/h3-5H,1-2H3,(H2,9,10). The fourth-order valence-electron chi connectivity index (χ4n) is 0.786. The third-order valence-corrected chi connectivity index (χ3v) is 1.44. The molecule has 0 fully saturated rings. The Bertz CT molecular complexity index is 296. The predicted molar refractivity (Wildman–Crippen MR) is 47.4 cm³/mol. The minimum atomic E-state index is 0.411. The lowest BCUT2D eigenvalue weighted by Crippen LogP contribution is -2.14. The zero-order valence-electron chi connectivity index (χ0n) is 7.11. The van der Waals surface area contributed by atoms with Crippen molar-refractivity contribution in [3.63, 3.8) is 0 Å². The number of hydrogen-bond acceptors (Lipinski definition) is 3. The molecule has 0 amide bonds. The largest absolute Gasteiger partial charge is 0.481 e. The molecule has 0 saturated heterocycles. The molecule has 0 spiro atoms. The fourth-order valence-corrected chi connectivity index (χ4v) is 0.786. The highest BCUT2D eigenvalue weighted by Gasteiger charge is 1.99. The SMILES string of the molecule is CN=C(N)c1cccc(OC)n1. The third-order valence-electron chi connectivity index (χ3n) is 1.44. The van der Waals surface area contributed by atoms with Crippen LogP contribution >= 0.6 is 0 Å². The second kappa shape index (κ2) is 3.71. The van der Waals surface area contributed by atoms with Crippen LogP contribution in [-0.4, -0.2) is 25.0 Å². The highest BCUT2D eigenvalue weighted by Crippen LogP contribution is 2.05. The van der Waals surface area contributed by atoms with Crippen molar-refractivity contribution in [2.75, 3.05) is 14.2 Å². The summed E-state index contributed by atoms with van der Waals surface area (Å²) in [6.45, 7) is 0. The van der Waals surface area contributed by atoms with Crippen molar-refractivity contribution >= 4 is 5.84 Å². The maximum absolute atomic E-state index is 5.55. The van der Waals surface area contributed by atoms with Gasteiger partial charge in [0.1, 0.15) is 11.5 Å². The molecule has 0 aliphatic rings. The number of rotatable bonds is 2. The van der Waals surface area contributed by atoms with Crippen LogP contribution in [0.3, 0.4) is 0 Å². The van der Waals surface area contributed by atoms with Crippen LogP contribution in [0.1, 0.15) is 5.69 Å². The number of amidine groups is 1. The number of aromatic nitrogens is 1. The van der Waals surface area contributed by atoms with Gasteiger partial charge in [0.2, 0.25) is 5.88 Å². The van der Waals surface area contributed by atoms with E-state index in [-0.39, 0.29) is 0 Å². The lowest BCUT2D eigenvalue weighted by Gasteiger charge is -2.01. The third kappa shape index (κ3) is 1.72. The molecule has 1 heterocycles. The Kier molecular flexibility index (Phi) is 2.63. The maximum atomic E-state index is 5.55. The Morgan fingerprint density at radius 1 is 1.58 bits per heavy atom. The van der Waals surface area contributed by atoms with Gasteiger partial charge < -0.3 is 10.5 Å². The van der Waals surface area contributed by atoms with Crippen molar-refractivity contribution < 1.29 is 4.74 Å². The molecule has 0 radical (unpaired) electrons. The molecule has 4 heteroatoms. The molecular formula is C8H11N3O. The first kappa shape index (κ1) is 8.52. The molecule has 1 aromatic heterocycles. The molecule has 64 valence electrons. The van der Waals surface area contributed by atoms with Crippen molar-refractivity contribution in [3.05, 3.63) is 23.9 Å². The summed E-state index contributed by atoms with van der Waals surface area (Å²) in [5, 5.41) is 0. The van der Waals surface area contributed by atoms with Crippen LogP contribution in [-0.2, 0) is 0 Å². The van der Waals surface area contributed by atoms with Crippen LogP contribution in [0.15, 0.2) is 23.2 Å². The van der Waals surface area contributed by atoms with Crippen molar-refractivity contribution in [1.82, 2.24) is 4.98 Å². The van der Waals surface area contributed by atoms with Crippen LogP contribution in [0, 0.1) is 0 Å². The molecule has 0 unspecified atom stereocenters. The fraction of sp³-hybridized carbons (Fsp3) is 0.250. The second-order valence-electron chi connectivity index (χ2n) is 2.17. The van der Waals surface area contributed by atoms with Crippen LogP contribution in [0.5, 0.6) is 5.88 Å². The van der Waals surface area contributed by atoms with Gasteiger partial charge in [0.15, 0.2) is 0 Å². The summed E-state index contributed by atoms with van der Waals surface area (Å²) in [5.74, 6) is 0.952. The number of nitrogens with two attached hydrogens (primary N) is 1. The van der Waals surface area contributed by atoms with E-state index in [1.807, 2.05) is 6.07 Å². The van der Waals surface area contributed by atoms with Gasteiger partial charge in [-0.1, -0.05) is 6.07 Å². The van der Waals surface area contributed by atoms with E-state index >= 15 is 0 Å². The van der Waals surface area contributed by atoms with Gasteiger partial charge in [-0.25, -0.2) is 4.98 Å². The van der Waals surface area contributed by atoms with Gasteiger partial charge in [0.25, 0.3) is 0 Å². The molecule has 1 rings (SSSR count). The monoisotopic (exact) mass is 165 g/mol. The number of pyridine rings is 1. The highest BCUT2D eigenvalue weighted by atomic mass is 16.5. The Morgan fingerprint density at radius 3 is 2.92 bits per heavy atom. The molecule has 0 aliphatic carbocycles. The van der Waals surface area contributed by atoms with Crippen molar-refractivity contribution in [2.24, 2.45) is 10.7 Å². The average Bonchev–Trinajstić information content (AvgIpc) is 2.17. The average molecular weight is 165 g/mol. The van der Waals surface area contributed by atoms with E-state index in [2.05, 4.69) is 9.98 Å². The Morgan fingerprint density at radius 2 is 2.33 bits per heavy atom. The highest BCUT2D eigenvalue weighted by molar-refractivity contribution is 5.95. The van der Waals surface area contributed by atoms with Gasteiger partial charge in [0.05, 0.1) is 7.11 Å². The summed E-state index contributed by atoms with van der Waals surface area (Å²) in [6, 6.07) is 5.36. The van der Waals surface area contributed by atoms with E-state index in [4.69, 9.17) is 10.5 Å². The first-order chi connectivity index (χ1) is 5.77. The number of nitrogens with zero attached hydrogens (tertiary/aromatic N) is 2. The molecular weight excluding hydrogens is 154 g/mol.